The number of carbonyl (C=O) groups excluding carboxylic acids is 5. The van der Waals surface area contributed by atoms with Crippen LogP contribution in [0.4, 0.5) is 0 Å². The second-order valence-corrected chi connectivity index (χ2v) is 17.7. The molecule has 0 aromatic rings. The molecule has 1 spiro atoms. The number of rotatable bonds is 16. The van der Waals surface area contributed by atoms with Crippen molar-refractivity contribution in [2.24, 2.45) is 22.7 Å². The summed E-state index contributed by atoms with van der Waals surface area (Å²) in [5, 5.41) is 6.53. The number of ketones is 1. The monoisotopic (exact) mass is 741 g/mol. The molecular weight excluding hydrogens is 678 g/mol. The molecule has 0 radical (unpaired) electrons. The van der Waals surface area contributed by atoms with Crippen molar-refractivity contribution in [2.75, 3.05) is 33.4 Å². The van der Waals surface area contributed by atoms with Gasteiger partial charge < -0.3 is 34.5 Å². The third-order valence-electron chi connectivity index (χ3n) is 13.7. The number of amides is 3. The summed E-state index contributed by atoms with van der Waals surface area (Å²) in [4.78, 5) is 66.7. The van der Waals surface area contributed by atoms with Crippen molar-refractivity contribution in [3.05, 3.63) is 11.6 Å². The molecule has 7 aliphatic rings. The Labute approximate surface area is 315 Å². The third kappa shape index (κ3) is 8.11. The number of methoxy groups -OCH3 is 1. The van der Waals surface area contributed by atoms with Gasteiger partial charge in [0.2, 0.25) is 17.7 Å². The third-order valence-corrected chi connectivity index (χ3v) is 13.7. The normalized spacial score (nSPS) is 37.0. The molecule has 12 heteroatoms. The lowest BCUT2D eigenvalue weighted by molar-refractivity contribution is -0.154. The van der Waals surface area contributed by atoms with Crippen LogP contribution >= 0.6 is 0 Å². The lowest BCUT2D eigenvalue weighted by atomic mass is 9.53. The Morgan fingerprint density at radius 2 is 1.60 bits per heavy atom. The number of esters is 1. The van der Waals surface area contributed by atoms with Gasteiger partial charge in [0.05, 0.1) is 37.1 Å². The van der Waals surface area contributed by atoms with Gasteiger partial charge in [0.15, 0.2) is 0 Å². The zero-order valence-corrected chi connectivity index (χ0v) is 32.9. The van der Waals surface area contributed by atoms with Crippen LogP contribution in [-0.4, -0.2) is 103 Å². The maximum atomic E-state index is 14.1. The van der Waals surface area contributed by atoms with E-state index in [1.807, 2.05) is 13.8 Å². The van der Waals surface area contributed by atoms with Gasteiger partial charge in [0.1, 0.15) is 17.4 Å². The van der Waals surface area contributed by atoms with Crippen LogP contribution in [0.5, 0.6) is 0 Å². The number of nitrogens with one attached hydrogen (secondary N) is 2. The number of ether oxygens (including phenoxy) is 4. The number of hydrogen-bond donors (Lipinski definition) is 2. The summed E-state index contributed by atoms with van der Waals surface area (Å²) >= 11 is 0. The highest BCUT2D eigenvalue weighted by atomic mass is 16.6. The van der Waals surface area contributed by atoms with Gasteiger partial charge in [0, 0.05) is 55.7 Å². The zero-order valence-electron chi connectivity index (χ0n) is 32.9. The van der Waals surface area contributed by atoms with Gasteiger partial charge in [-0.2, -0.15) is 0 Å². The summed E-state index contributed by atoms with van der Waals surface area (Å²) in [6.45, 7) is 11.7. The van der Waals surface area contributed by atoms with E-state index in [1.54, 1.807) is 12.0 Å². The molecular formula is C41H63N3O9. The Kier molecular flexibility index (Phi) is 11.8. The van der Waals surface area contributed by atoms with Crippen LogP contribution in [0.15, 0.2) is 11.6 Å². The molecule has 2 N–H and O–H groups in total. The van der Waals surface area contributed by atoms with Crippen molar-refractivity contribution < 1.29 is 42.9 Å². The van der Waals surface area contributed by atoms with Crippen molar-refractivity contribution in [1.82, 2.24) is 15.5 Å². The molecule has 7 rings (SSSR count). The van der Waals surface area contributed by atoms with Crippen molar-refractivity contribution >= 4 is 29.5 Å². The van der Waals surface area contributed by atoms with Crippen LogP contribution < -0.4 is 10.6 Å². The van der Waals surface area contributed by atoms with Gasteiger partial charge in [0.25, 0.3) is 0 Å². The first-order valence-electron chi connectivity index (χ1n) is 20.3. The molecule has 3 saturated heterocycles. The Bertz CT molecular complexity index is 1430. The van der Waals surface area contributed by atoms with E-state index in [0.717, 1.165) is 25.7 Å². The number of allylic oxidation sites excluding steroid dienone is 1. The van der Waals surface area contributed by atoms with Crippen molar-refractivity contribution in [1.29, 1.82) is 0 Å². The first-order chi connectivity index (χ1) is 25.2. The second kappa shape index (κ2) is 15.7. The molecule has 1 unspecified atom stereocenters. The number of Topliss-reactive ketones (excluding diaryl/α,β-unsaturated/α-hetero) is 1. The number of hydrogen-bond acceptors (Lipinski definition) is 9. The second-order valence-electron chi connectivity index (χ2n) is 17.7. The van der Waals surface area contributed by atoms with Crippen molar-refractivity contribution in [3.63, 3.8) is 0 Å². The summed E-state index contributed by atoms with van der Waals surface area (Å²) in [6, 6.07) is -0.744. The molecule has 53 heavy (non-hydrogen) atoms. The van der Waals surface area contributed by atoms with E-state index in [1.165, 1.54) is 5.57 Å². The molecule has 0 aromatic heterocycles. The molecule has 7 atom stereocenters. The van der Waals surface area contributed by atoms with E-state index in [4.69, 9.17) is 18.9 Å². The number of likely N-dealkylation sites (tertiary alicyclic amines) is 1. The molecule has 3 amide bonds. The Morgan fingerprint density at radius 3 is 2.21 bits per heavy atom. The summed E-state index contributed by atoms with van der Waals surface area (Å²) in [5.41, 5.74) is -0.275. The molecule has 2 bridgehead atoms. The van der Waals surface area contributed by atoms with Crippen LogP contribution in [0.2, 0.25) is 0 Å². The predicted octanol–water partition coefficient (Wildman–Crippen LogP) is 4.57. The molecule has 12 nitrogen and oxygen atoms in total. The fourth-order valence-corrected chi connectivity index (χ4v) is 10.0. The average Bonchev–Trinajstić information content (AvgIpc) is 4.00. The minimum absolute atomic E-state index is 0.0192. The van der Waals surface area contributed by atoms with Gasteiger partial charge in [-0.3, -0.25) is 19.2 Å². The number of epoxide rings is 2. The molecule has 7 fully saturated rings. The summed E-state index contributed by atoms with van der Waals surface area (Å²) < 4.78 is 24.2. The lowest BCUT2D eigenvalue weighted by Crippen LogP contribution is -2.62. The van der Waals surface area contributed by atoms with E-state index in [0.29, 0.717) is 71.1 Å². The van der Waals surface area contributed by atoms with Crippen LogP contribution in [0.25, 0.3) is 0 Å². The molecule has 4 saturated carbocycles. The fourth-order valence-electron chi connectivity index (χ4n) is 10.0. The largest absolute Gasteiger partial charge is 0.464 e. The molecule has 4 aliphatic carbocycles. The summed E-state index contributed by atoms with van der Waals surface area (Å²) in [5.74, 6) is -0.552. The van der Waals surface area contributed by atoms with Crippen LogP contribution in [0.1, 0.15) is 125 Å². The number of carbonyl (C=O) groups is 5. The standard InChI is InChI=1S/C41H63N3O9/c1-26(2)10-12-31-38(5,53-31)34-33(50-6)28(14-15-41(34)25-52-41)43-37(49)40-19-16-39(17-20-40,18-21-40)36(48)42-22-8-24-51-35(47)29-9-7-23-44(29)32(46)13-11-30(45)27(3)4/h10,27-29,31,33-34H,7-9,11-25H2,1-6H3,(H,42,48)(H,43,49)/t28-,29-,31-,33-,34-,38?,39?,40?,41+/m1/s1. The smallest absolute Gasteiger partial charge is 0.328 e. The van der Waals surface area contributed by atoms with Crippen LogP contribution in [0, 0.1) is 22.7 Å². The van der Waals surface area contributed by atoms with Crippen LogP contribution in [-0.2, 0) is 42.9 Å². The molecule has 296 valence electrons. The summed E-state index contributed by atoms with van der Waals surface area (Å²) in [7, 11) is 1.73. The lowest BCUT2D eigenvalue weighted by Gasteiger charge is -2.52. The number of fused-ring (bicyclic) bond motifs is 3. The quantitative estimate of drug-likeness (QED) is 0.100. The molecule has 3 aliphatic heterocycles. The van der Waals surface area contributed by atoms with Gasteiger partial charge in [-0.1, -0.05) is 25.5 Å². The van der Waals surface area contributed by atoms with E-state index in [-0.39, 0.29) is 84.2 Å². The predicted molar refractivity (Wildman–Crippen MR) is 196 cm³/mol. The first kappa shape index (κ1) is 39.9. The summed E-state index contributed by atoms with van der Waals surface area (Å²) in [6.07, 6.45) is 10.7. The zero-order chi connectivity index (χ0) is 38.2. The van der Waals surface area contributed by atoms with Crippen molar-refractivity contribution in [3.8, 4) is 0 Å². The first-order valence-corrected chi connectivity index (χ1v) is 20.3. The Hall–Kier alpha value is -2.83. The van der Waals surface area contributed by atoms with Gasteiger partial charge in [-0.25, -0.2) is 4.79 Å². The fraction of sp³-hybridized carbons (Fsp3) is 0.829. The highest BCUT2D eigenvalue weighted by Gasteiger charge is 2.72. The van der Waals surface area contributed by atoms with Crippen molar-refractivity contribution in [2.45, 2.75) is 160 Å². The van der Waals surface area contributed by atoms with E-state index in [2.05, 4.69) is 37.5 Å². The molecule has 3 heterocycles. The Morgan fingerprint density at radius 1 is 0.943 bits per heavy atom. The topological polar surface area (TPSA) is 156 Å². The maximum Gasteiger partial charge on any atom is 0.328 e. The van der Waals surface area contributed by atoms with Gasteiger partial charge in [-0.05, 0) is 97.8 Å². The van der Waals surface area contributed by atoms with Crippen LogP contribution in [0.3, 0.4) is 0 Å². The van der Waals surface area contributed by atoms with E-state index in [9.17, 15) is 24.0 Å². The average molecular weight is 742 g/mol. The minimum atomic E-state index is -0.615. The maximum absolute atomic E-state index is 14.1. The van der Waals surface area contributed by atoms with E-state index >= 15 is 0 Å². The minimum Gasteiger partial charge on any atom is -0.464 e. The highest BCUT2D eigenvalue weighted by Crippen LogP contribution is 2.60. The SMILES string of the molecule is CO[C@H]1[C@H](C2(C)O[C@@H]2CC=C(C)C)[C@]2(CC[C@H]1NC(=O)C13CCC(C(=O)NCCCOC(=O)[C@H]4CCCN4C(=O)CCC(=O)C(C)C)(CC1)CC3)CO2. The van der Waals surface area contributed by atoms with E-state index < -0.39 is 22.8 Å². The Balaban J connectivity index is 0.938. The highest BCUT2D eigenvalue weighted by molar-refractivity contribution is 5.89. The van der Waals surface area contributed by atoms with Gasteiger partial charge in [-0.15, -0.1) is 0 Å². The molecule has 0 aromatic carbocycles. The van der Waals surface area contributed by atoms with Gasteiger partial charge >= 0.3 is 5.97 Å². The number of nitrogens with zero attached hydrogens (tertiary/aromatic N) is 1.